The van der Waals surface area contributed by atoms with Gasteiger partial charge in [0, 0.05) is 38.2 Å². The largest absolute Gasteiger partial charge is 0.379 e. The molecule has 1 aliphatic heterocycles. The highest BCUT2D eigenvalue weighted by Crippen LogP contribution is 2.13. The Hall–Kier alpha value is -2.81. The van der Waals surface area contributed by atoms with Gasteiger partial charge in [-0.2, -0.15) is 5.10 Å². The number of fused-ring (bicyclic) bond motifs is 1. The number of aromatic nitrogens is 3. The van der Waals surface area contributed by atoms with Crippen molar-refractivity contribution < 1.29 is 9.53 Å². The van der Waals surface area contributed by atoms with Crippen LogP contribution in [0, 0.1) is 0 Å². The van der Waals surface area contributed by atoms with Gasteiger partial charge in [0.15, 0.2) is 5.69 Å². The smallest absolute Gasteiger partial charge is 0.276 e. The van der Waals surface area contributed by atoms with E-state index in [0.29, 0.717) is 35.7 Å². The van der Waals surface area contributed by atoms with Gasteiger partial charge in [-0.3, -0.25) is 24.2 Å². The summed E-state index contributed by atoms with van der Waals surface area (Å²) in [5.74, 6) is -0.515. The lowest BCUT2D eigenvalue weighted by atomic mass is 10.2. The highest BCUT2D eigenvalue weighted by molar-refractivity contribution is 6.30. The molecule has 2 aromatic heterocycles. The third-order valence-corrected chi connectivity index (χ3v) is 5.32. The molecular formula is C21H22ClN5O3. The van der Waals surface area contributed by atoms with Crippen LogP contribution in [0.5, 0.6) is 0 Å². The summed E-state index contributed by atoms with van der Waals surface area (Å²) < 4.78 is 6.88. The number of carbonyl (C=O) groups is 1. The Bertz CT molecular complexity index is 1120. The minimum absolute atomic E-state index is 0.137. The fourth-order valence-corrected chi connectivity index (χ4v) is 3.53. The number of halogens is 1. The summed E-state index contributed by atoms with van der Waals surface area (Å²) in [6, 6.07) is 8.89. The quantitative estimate of drug-likeness (QED) is 0.667. The Labute approximate surface area is 178 Å². The average Bonchev–Trinajstić information content (AvgIpc) is 2.76. The predicted octanol–water partition coefficient (Wildman–Crippen LogP) is 1.74. The molecule has 0 spiro atoms. The van der Waals surface area contributed by atoms with E-state index in [1.54, 1.807) is 31.4 Å². The van der Waals surface area contributed by atoms with Crippen molar-refractivity contribution >= 4 is 28.4 Å². The first-order chi connectivity index (χ1) is 14.5. The number of aryl methyl sites for hydroxylation is 1. The molecule has 1 fully saturated rings. The molecule has 1 saturated heterocycles. The van der Waals surface area contributed by atoms with Gasteiger partial charge in [-0.15, -0.1) is 0 Å². The van der Waals surface area contributed by atoms with E-state index in [-0.39, 0.29) is 12.2 Å². The van der Waals surface area contributed by atoms with Crippen LogP contribution < -0.4 is 10.7 Å². The van der Waals surface area contributed by atoms with E-state index < -0.39 is 11.3 Å². The third kappa shape index (κ3) is 4.51. The topological polar surface area (TPSA) is 89.4 Å². The van der Waals surface area contributed by atoms with Gasteiger partial charge in [0.05, 0.1) is 36.0 Å². The SMILES string of the molecule is Cn1nc(C(=O)NCc2ccc(Cl)cc2)c(=O)c2cc(CN3CCOCC3)ncc21. The number of rotatable bonds is 5. The van der Waals surface area contributed by atoms with E-state index in [0.717, 1.165) is 24.3 Å². The zero-order valence-corrected chi connectivity index (χ0v) is 17.4. The van der Waals surface area contributed by atoms with Crippen molar-refractivity contribution in [2.75, 3.05) is 26.3 Å². The molecular weight excluding hydrogens is 406 g/mol. The van der Waals surface area contributed by atoms with Crippen molar-refractivity contribution in [3.05, 3.63) is 68.7 Å². The van der Waals surface area contributed by atoms with E-state index in [1.165, 1.54) is 4.68 Å². The molecule has 3 aromatic rings. The van der Waals surface area contributed by atoms with Crippen LogP contribution in [-0.4, -0.2) is 51.9 Å². The molecule has 8 nitrogen and oxygen atoms in total. The Kier molecular flexibility index (Phi) is 6.08. The van der Waals surface area contributed by atoms with Crippen LogP contribution in [0.15, 0.2) is 41.3 Å². The van der Waals surface area contributed by atoms with Crippen LogP contribution in [-0.2, 0) is 24.9 Å². The Morgan fingerprint density at radius 3 is 2.70 bits per heavy atom. The Morgan fingerprint density at radius 2 is 1.97 bits per heavy atom. The molecule has 1 aliphatic rings. The lowest BCUT2D eigenvalue weighted by molar-refractivity contribution is 0.0337. The van der Waals surface area contributed by atoms with Crippen LogP contribution in [0.1, 0.15) is 21.7 Å². The van der Waals surface area contributed by atoms with E-state index in [2.05, 4.69) is 20.3 Å². The van der Waals surface area contributed by atoms with Gasteiger partial charge in [0.1, 0.15) is 0 Å². The average molecular weight is 428 g/mol. The molecule has 0 aliphatic carbocycles. The number of amides is 1. The van der Waals surface area contributed by atoms with Crippen molar-refractivity contribution in [3.8, 4) is 0 Å². The number of nitrogens with zero attached hydrogens (tertiary/aromatic N) is 4. The van der Waals surface area contributed by atoms with Crippen molar-refractivity contribution in [3.63, 3.8) is 0 Å². The zero-order valence-electron chi connectivity index (χ0n) is 16.6. The van der Waals surface area contributed by atoms with Crippen LogP contribution >= 0.6 is 11.6 Å². The molecule has 30 heavy (non-hydrogen) atoms. The standard InChI is InChI=1S/C21H22ClN5O3/c1-26-18-12-23-16(13-27-6-8-30-9-7-27)10-17(18)20(28)19(25-26)21(29)24-11-14-2-4-15(22)5-3-14/h2-5,10,12H,6-9,11,13H2,1H3,(H,24,29). The zero-order chi connectivity index (χ0) is 21.1. The van der Waals surface area contributed by atoms with Crippen LogP contribution in [0.25, 0.3) is 10.9 Å². The fourth-order valence-electron chi connectivity index (χ4n) is 3.40. The summed E-state index contributed by atoms with van der Waals surface area (Å²) in [6.45, 7) is 3.94. The minimum atomic E-state index is -0.515. The number of benzene rings is 1. The summed E-state index contributed by atoms with van der Waals surface area (Å²) in [5.41, 5.74) is 1.70. The second-order valence-corrected chi connectivity index (χ2v) is 7.63. The normalized spacial score (nSPS) is 14.7. The first kappa shape index (κ1) is 20.5. The van der Waals surface area contributed by atoms with Crippen molar-refractivity contribution in [2.24, 2.45) is 7.05 Å². The summed E-state index contributed by atoms with van der Waals surface area (Å²) in [6.07, 6.45) is 1.63. The summed E-state index contributed by atoms with van der Waals surface area (Å²) in [4.78, 5) is 32.4. The molecule has 4 rings (SSSR count). The van der Waals surface area contributed by atoms with Crippen LogP contribution in [0.4, 0.5) is 0 Å². The number of morpholine rings is 1. The number of hydrogen-bond acceptors (Lipinski definition) is 6. The lowest BCUT2D eigenvalue weighted by Crippen LogP contribution is -2.36. The molecule has 0 atom stereocenters. The summed E-state index contributed by atoms with van der Waals surface area (Å²) in [5, 5.41) is 7.98. The molecule has 1 amide bonds. The van der Waals surface area contributed by atoms with Gasteiger partial charge in [-0.1, -0.05) is 23.7 Å². The maximum atomic E-state index is 13.0. The summed E-state index contributed by atoms with van der Waals surface area (Å²) in [7, 11) is 1.70. The van der Waals surface area contributed by atoms with Gasteiger partial charge in [-0.25, -0.2) is 0 Å². The Balaban J connectivity index is 1.58. The monoisotopic (exact) mass is 427 g/mol. The summed E-state index contributed by atoms with van der Waals surface area (Å²) >= 11 is 5.88. The maximum Gasteiger partial charge on any atom is 0.276 e. The Morgan fingerprint density at radius 1 is 1.23 bits per heavy atom. The molecule has 3 heterocycles. The molecule has 0 radical (unpaired) electrons. The molecule has 0 bridgehead atoms. The number of ether oxygens (including phenoxy) is 1. The highest BCUT2D eigenvalue weighted by atomic mass is 35.5. The van der Waals surface area contributed by atoms with Crippen molar-refractivity contribution in [1.29, 1.82) is 0 Å². The third-order valence-electron chi connectivity index (χ3n) is 5.07. The maximum absolute atomic E-state index is 13.0. The number of carbonyl (C=O) groups excluding carboxylic acids is 1. The van der Waals surface area contributed by atoms with Gasteiger partial charge in [-0.05, 0) is 23.8 Å². The fraction of sp³-hybridized carbons (Fsp3) is 0.333. The molecule has 9 heteroatoms. The van der Waals surface area contributed by atoms with Gasteiger partial charge in [0.2, 0.25) is 5.43 Å². The predicted molar refractivity (Wildman–Crippen MR) is 113 cm³/mol. The van der Waals surface area contributed by atoms with Crippen LogP contribution in [0.3, 0.4) is 0 Å². The van der Waals surface area contributed by atoms with E-state index in [9.17, 15) is 9.59 Å². The van der Waals surface area contributed by atoms with E-state index in [4.69, 9.17) is 16.3 Å². The molecule has 1 aromatic carbocycles. The molecule has 156 valence electrons. The van der Waals surface area contributed by atoms with Crippen molar-refractivity contribution in [1.82, 2.24) is 25.0 Å². The van der Waals surface area contributed by atoms with Gasteiger partial charge in [0.25, 0.3) is 5.91 Å². The lowest BCUT2D eigenvalue weighted by Gasteiger charge is -2.26. The highest BCUT2D eigenvalue weighted by Gasteiger charge is 2.18. The molecule has 0 unspecified atom stereocenters. The van der Waals surface area contributed by atoms with E-state index >= 15 is 0 Å². The number of pyridine rings is 1. The van der Waals surface area contributed by atoms with Gasteiger partial charge < -0.3 is 10.1 Å². The first-order valence-electron chi connectivity index (χ1n) is 9.70. The molecule has 0 saturated carbocycles. The van der Waals surface area contributed by atoms with Gasteiger partial charge >= 0.3 is 0 Å². The van der Waals surface area contributed by atoms with Crippen LogP contribution in [0.2, 0.25) is 5.02 Å². The van der Waals surface area contributed by atoms with E-state index in [1.807, 2.05) is 12.1 Å². The number of hydrogen-bond donors (Lipinski definition) is 1. The second kappa shape index (κ2) is 8.91. The molecule has 1 N–H and O–H groups in total. The first-order valence-corrected chi connectivity index (χ1v) is 10.1. The second-order valence-electron chi connectivity index (χ2n) is 7.19. The van der Waals surface area contributed by atoms with Crippen molar-refractivity contribution in [2.45, 2.75) is 13.1 Å². The minimum Gasteiger partial charge on any atom is -0.379 e. The number of nitrogens with one attached hydrogen (secondary N) is 1.